The molecule has 0 aliphatic heterocycles. The minimum atomic E-state index is -3.36. The lowest BCUT2D eigenvalue weighted by molar-refractivity contribution is 0.594. The molecule has 0 N–H and O–H groups in total. The van der Waals surface area contributed by atoms with Gasteiger partial charge in [-0.2, -0.15) is 0 Å². The van der Waals surface area contributed by atoms with Gasteiger partial charge < -0.3 is 0 Å². The Hall–Kier alpha value is 3.45. The normalized spacial score (nSPS) is 14.6. The second-order valence-electron chi connectivity index (χ2n) is 2.05. The zero-order valence-electron chi connectivity index (χ0n) is 5.91. The molecule has 9 heteroatoms. The maximum Gasteiger partial charge on any atom is 0.200 e. The van der Waals surface area contributed by atoms with Crippen molar-refractivity contribution in [3.05, 3.63) is 0 Å². The van der Waals surface area contributed by atoms with Crippen LogP contribution in [0.25, 0.3) is 0 Å². The van der Waals surface area contributed by atoms with E-state index in [1.165, 1.54) is 0 Å². The summed E-state index contributed by atoms with van der Waals surface area (Å²) in [5, 5.41) is 0. The average Bonchev–Trinajstić information content (AvgIpc) is 2.03. The summed E-state index contributed by atoms with van der Waals surface area (Å²) >= 11 is 18.5. The fourth-order valence-corrected chi connectivity index (χ4v) is 11.5. The van der Waals surface area contributed by atoms with E-state index < -0.39 is 11.4 Å². The van der Waals surface area contributed by atoms with Crippen molar-refractivity contribution >= 4 is 123 Å². The Bertz CT molecular complexity index is 254. The molecule has 0 spiro atoms. The van der Waals surface area contributed by atoms with Crippen LogP contribution in [-0.4, -0.2) is 21.7 Å². The van der Waals surface area contributed by atoms with Crippen molar-refractivity contribution in [1.82, 2.24) is 0 Å². The van der Waals surface area contributed by atoms with E-state index in [-0.39, 0.29) is 11.8 Å². The van der Waals surface area contributed by atoms with Crippen LogP contribution in [0, 0.1) is 0 Å². The van der Waals surface area contributed by atoms with E-state index in [0.717, 1.165) is 0 Å². The van der Waals surface area contributed by atoms with Crippen molar-refractivity contribution in [2.45, 2.75) is 1.52 Å². The van der Waals surface area contributed by atoms with Crippen LogP contribution in [0.4, 0.5) is 0 Å². The van der Waals surface area contributed by atoms with Gasteiger partial charge in [0.15, 0.2) is 1.52 Å². The molecule has 2 nitrogen and oxygen atoms in total. The highest BCUT2D eigenvalue weighted by Crippen LogP contribution is 2.48. The van der Waals surface area contributed by atoms with Crippen LogP contribution in [-0.2, 0) is 9.84 Å². The molecule has 0 heterocycles. The molecule has 0 aliphatic rings. The van der Waals surface area contributed by atoms with Crippen LogP contribution in [0.2, 0.25) is 0 Å². The van der Waals surface area contributed by atoms with Crippen molar-refractivity contribution in [3.8, 4) is 0 Å². The Labute approximate surface area is 142 Å². The van der Waals surface area contributed by atoms with Gasteiger partial charge >= 0.3 is 0 Å². The number of hydrogen-bond acceptors (Lipinski definition) is 2. The second kappa shape index (κ2) is 5.87. The van der Waals surface area contributed by atoms with Crippen LogP contribution in [0.3, 0.4) is 0 Å². The van der Waals surface area contributed by atoms with E-state index in [4.69, 9.17) is 23.2 Å². The Balaban J connectivity index is 5.23. The van der Waals surface area contributed by atoms with Crippen LogP contribution in [0.1, 0.15) is 0 Å². The molecule has 0 aromatic heterocycles. The topological polar surface area (TPSA) is 34.1 Å². The van der Waals surface area contributed by atoms with Gasteiger partial charge in [0.2, 0.25) is 9.84 Å². The first-order valence-electron chi connectivity index (χ1n) is 2.74. The molecule has 0 aromatic rings. The van der Waals surface area contributed by atoms with E-state index >= 15 is 0 Å². The van der Waals surface area contributed by atoms with Crippen LogP contribution in [0.5, 0.6) is 0 Å². The summed E-state index contributed by atoms with van der Waals surface area (Å²) in [7, 11) is -3.36. The predicted molar refractivity (Wildman–Crippen MR) is 91.9 cm³/mol. The van der Waals surface area contributed by atoms with Gasteiger partial charge in [-0.25, -0.2) is 8.42 Å². The van der Waals surface area contributed by atoms with E-state index in [2.05, 4.69) is 0 Å². The lowest BCUT2D eigenvalue weighted by Gasteiger charge is -2.26. The number of rotatable bonds is 4. The molecule has 0 aliphatic carbocycles. The van der Waals surface area contributed by atoms with Crippen molar-refractivity contribution < 1.29 is 8.42 Å². The highest BCUT2D eigenvalue weighted by Gasteiger charge is 2.50. The molecule has 0 saturated heterocycles. The van der Waals surface area contributed by atoms with E-state index in [9.17, 15) is 8.42 Å². The third-order valence-corrected chi connectivity index (χ3v) is 14.4. The molecule has 0 amide bonds. The SMILES string of the molecule is O=S(=O)(C(I)(I)CCl)C(I)(I)CCl. The minimum Gasteiger partial charge on any atom is -0.224 e. The van der Waals surface area contributed by atoms with Crippen molar-refractivity contribution in [2.24, 2.45) is 0 Å². The molecule has 0 radical (unpaired) electrons. The highest BCUT2D eigenvalue weighted by atomic mass is 127. The van der Waals surface area contributed by atoms with Crippen LogP contribution in [0.15, 0.2) is 0 Å². The molecule has 0 rings (SSSR count). The molecule has 13 heavy (non-hydrogen) atoms. The Morgan fingerprint density at radius 3 is 1.31 bits per heavy atom. The fourth-order valence-electron chi connectivity index (χ4n) is 0.362. The summed E-state index contributed by atoms with van der Waals surface area (Å²) in [4.78, 5) is 0. The first-order chi connectivity index (χ1) is 5.62. The summed E-state index contributed by atoms with van der Waals surface area (Å²) in [5.41, 5.74) is 0. The maximum atomic E-state index is 11.9. The quantitative estimate of drug-likeness (QED) is 0.331. The number of halogens is 6. The first-order valence-corrected chi connectivity index (χ1v) is 9.61. The third kappa shape index (κ3) is 3.71. The molecule has 0 saturated carbocycles. The highest BCUT2D eigenvalue weighted by molar-refractivity contribution is 14.2. The van der Waals surface area contributed by atoms with Gasteiger partial charge in [0.25, 0.3) is 0 Å². The monoisotopic (exact) mass is 694 g/mol. The fraction of sp³-hybridized carbons (Fsp3) is 1.00. The summed E-state index contributed by atoms with van der Waals surface area (Å²) in [5.74, 6) is 0.0855. The van der Waals surface area contributed by atoms with E-state index in [1.54, 1.807) is 0 Å². The Morgan fingerprint density at radius 1 is 0.923 bits per heavy atom. The van der Waals surface area contributed by atoms with Gasteiger partial charge in [0.05, 0.1) is 11.8 Å². The van der Waals surface area contributed by atoms with Crippen LogP contribution < -0.4 is 0 Å². The van der Waals surface area contributed by atoms with Gasteiger partial charge in [-0.1, -0.05) is 0 Å². The molecule has 80 valence electrons. The Kier molecular flexibility index (Phi) is 7.42. The van der Waals surface area contributed by atoms with E-state index in [1.807, 2.05) is 90.4 Å². The van der Waals surface area contributed by atoms with Crippen molar-refractivity contribution in [2.75, 3.05) is 11.8 Å². The average molecular weight is 695 g/mol. The molecule has 0 fully saturated rings. The van der Waals surface area contributed by atoms with Gasteiger partial charge in [-0.05, 0) is 90.4 Å². The van der Waals surface area contributed by atoms with Crippen molar-refractivity contribution in [1.29, 1.82) is 0 Å². The van der Waals surface area contributed by atoms with E-state index in [0.29, 0.717) is 0 Å². The van der Waals surface area contributed by atoms with Crippen molar-refractivity contribution in [3.63, 3.8) is 0 Å². The molecule has 0 aromatic carbocycles. The maximum absolute atomic E-state index is 11.9. The molecular formula is C4H4Cl2I4O2S. The Morgan fingerprint density at radius 2 is 1.15 bits per heavy atom. The van der Waals surface area contributed by atoms with Gasteiger partial charge in [-0.15, -0.1) is 23.2 Å². The van der Waals surface area contributed by atoms with Gasteiger partial charge in [-0.3, -0.25) is 0 Å². The summed E-state index contributed by atoms with van der Waals surface area (Å²) < 4.78 is 21.9. The summed E-state index contributed by atoms with van der Waals surface area (Å²) in [6, 6.07) is 0. The standard InChI is InChI=1S/C4H4Cl2I4O2S/c5-1-3(7,8)13(11,12)4(9,10)2-6/h1-2H2. The lowest BCUT2D eigenvalue weighted by Crippen LogP contribution is -2.40. The summed E-state index contributed by atoms with van der Waals surface area (Å²) in [6.07, 6.45) is 0. The lowest BCUT2D eigenvalue weighted by atomic mass is 10.9. The minimum absolute atomic E-state index is 0.0428. The third-order valence-electron chi connectivity index (χ3n) is 1.10. The molecular weight excluding hydrogens is 691 g/mol. The number of sulfone groups is 1. The zero-order valence-corrected chi connectivity index (χ0v) is 16.9. The van der Waals surface area contributed by atoms with Gasteiger partial charge in [0.1, 0.15) is 0 Å². The van der Waals surface area contributed by atoms with Gasteiger partial charge in [0, 0.05) is 0 Å². The smallest absolute Gasteiger partial charge is 0.200 e. The second-order valence-corrected chi connectivity index (χ2v) is 19.4. The molecule has 0 unspecified atom stereocenters. The number of hydrogen-bond donors (Lipinski definition) is 0. The number of alkyl halides is 6. The largest absolute Gasteiger partial charge is 0.224 e. The predicted octanol–water partition coefficient (Wildman–Crippen LogP) is 3.93. The molecule has 0 bridgehead atoms. The van der Waals surface area contributed by atoms with Crippen LogP contribution >= 0.6 is 114 Å². The summed E-state index contributed by atoms with van der Waals surface area (Å²) in [6.45, 7) is 0. The zero-order chi connectivity index (χ0) is 10.9. The first kappa shape index (κ1) is 16.4. The molecule has 0 atom stereocenters.